The molecule has 0 unspecified atom stereocenters. The van der Waals surface area contributed by atoms with Crippen molar-refractivity contribution < 1.29 is 118 Å². The van der Waals surface area contributed by atoms with Gasteiger partial charge in [-0.05, 0) is 60.9 Å². The number of hydrogen-bond acceptors (Lipinski definition) is 23. The zero-order valence-corrected chi connectivity index (χ0v) is 48.1. The maximum absolute atomic E-state index is 11.7. The predicted molar refractivity (Wildman–Crippen MR) is 274 cm³/mol. The van der Waals surface area contributed by atoms with E-state index in [1.807, 2.05) is 41.5 Å². The number of rotatable bonds is 50. The van der Waals surface area contributed by atoms with Crippen LogP contribution < -0.4 is 11.1 Å². The Labute approximate surface area is 442 Å². The summed E-state index contributed by atoms with van der Waals surface area (Å²) in [6.07, 6.45) is 1.63. The molecule has 0 radical (unpaired) electrons. The van der Waals surface area contributed by atoms with Gasteiger partial charge in [0.15, 0.2) is 0 Å². The second-order valence-electron chi connectivity index (χ2n) is 13.9. The molecule has 0 heterocycles. The van der Waals surface area contributed by atoms with E-state index in [2.05, 4.69) is 10.1 Å². The van der Waals surface area contributed by atoms with Crippen molar-refractivity contribution in [1.29, 1.82) is 0 Å². The second-order valence-corrected chi connectivity index (χ2v) is 19.3. The summed E-state index contributed by atoms with van der Waals surface area (Å²) in [5.41, 5.74) is 5.48. The molecule has 29 heteroatoms. The fraction of sp³-hybridized carbons (Fsp3) is 0.911. The molecule has 0 saturated heterocycles. The molecule has 1 amide bonds. The molecule has 0 aliphatic heterocycles. The first-order chi connectivity index (χ1) is 35.7. The average molecular weight is 1120 g/mol. The number of nitrogens with one attached hydrogen (secondary N) is 1. The van der Waals surface area contributed by atoms with E-state index in [1.165, 1.54) is 0 Å². The molecule has 446 valence electrons. The number of carbonyl (C=O) groups is 4. The second kappa shape index (κ2) is 66.7. The maximum Gasteiger partial charge on any atom is 0.500 e. The Morgan fingerprint density at radius 2 is 0.676 bits per heavy atom. The number of aliphatic carboxylic acids is 3. The van der Waals surface area contributed by atoms with Gasteiger partial charge in [0.05, 0.1) is 106 Å². The molecule has 0 aliphatic carbocycles. The Morgan fingerprint density at radius 3 is 0.946 bits per heavy atom. The van der Waals surface area contributed by atoms with E-state index in [-0.39, 0.29) is 52.2 Å². The molecule has 74 heavy (non-hydrogen) atoms. The van der Waals surface area contributed by atoms with E-state index < -0.39 is 35.5 Å². The summed E-state index contributed by atoms with van der Waals surface area (Å²) in [4.78, 5) is 41.5. The van der Waals surface area contributed by atoms with Gasteiger partial charge in [-0.15, -0.1) is 0 Å². The molecule has 0 bridgehead atoms. The van der Waals surface area contributed by atoms with E-state index >= 15 is 0 Å². The van der Waals surface area contributed by atoms with E-state index in [0.717, 1.165) is 18.9 Å². The van der Waals surface area contributed by atoms with Gasteiger partial charge in [0.1, 0.15) is 26.4 Å². The highest BCUT2D eigenvalue weighted by atomic mass is 28.4. The van der Waals surface area contributed by atoms with Crippen LogP contribution >= 0.6 is 0 Å². The fourth-order valence-electron chi connectivity index (χ4n) is 4.92. The Kier molecular flexibility index (Phi) is 72.4. The fourth-order valence-corrected chi connectivity index (χ4v) is 10.2. The van der Waals surface area contributed by atoms with Crippen molar-refractivity contribution in [2.75, 3.05) is 206 Å². The number of aliphatic hydroxyl groups excluding tert-OH is 1. The van der Waals surface area contributed by atoms with Crippen LogP contribution in [0.3, 0.4) is 0 Å². The Hall–Kier alpha value is -2.45. The van der Waals surface area contributed by atoms with Crippen LogP contribution in [-0.4, -0.2) is 268 Å². The Morgan fingerprint density at radius 1 is 0.405 bits per heavy atom. The summed E-state index contributed by atoms with van der Waals surface area (Å²) >= 11 is 0. The Bertz CT molecular complexity index is 1120. The van der Waals surface area contributed by atoms with Crippen LogP contribution in [0, 0.1) is 0 Å². The van der Waals surface area contributed by atoms with Crippen LogP contribution in [0.15, 0.2) is 0 Å². The zero-order chi connectivity index (χ0) is 56.7. The van der Waals surface area contributed by atoms with Crippen molar-refractivity contribution in [2.24, 2.45) is 5.73 Å². The monoisotopic (exact) mass is 1120 g/mol. The first-order valence-corrected chi connectivity index (χ1v) is 28.7. The van der Waals surface area contributed by atoms with Gasteiger partial charge in [-0.25, -0.2) is 14.4 Å². The minimum Gasteiger partial charge on any atom is -0.480 e. The zero-order valence-electron chi connectivity index (χ0n) is 46.1. The molecule has 27 nitrogen and oxygen atoms in total. The minimum absolute atomic E-state index is 0.0264. The van der Waals surface area contributed by atoms with E-state index in [1.54, 1.807) is 21.3 Å². The molecule has 0 spiro atoms. The molecule has 0 fully saturated rings. The number of amides is 1. The largest absolute Gasteiger partial charge is 0.500 e. The van der Waals surface area contributed by atoms with Gasteiger partial charge in [0.2, 0.25) is 5.91 Å². The average Bonchev–Trinajstić information content (AvgIpc) is 3.36. The lowest BCUT2D eigenvalue weighted by Gasteiger charge is -2.28. The van der Waals surface area contributed by atoms with Gasteiger partial charge in [-0.2, -0.15) is 0 Å². The van der Waals surface area contributed by atoms with Crippen molar-refractivity contribution >= 4 is 41.4 Å². The number of carboxylic acids is 3. The summed E-state index contributed by atoms with van der Waals surface area (Å²) < 4.78 is 87.9. The predicted octanol–water partition coefficient (Wildman–Crippen LogP) is 1.20. The third-order valence-electron chi connectivity index (χ3n) is 7.78. The molecular formula is C45H98N2O25Si2. The Balaban J connectivity index is -0.000000281. The molecule has 0 aromatic heterocycles. The van der Waals surface area contributed by atoms with Crippen LogP contribution in [0.25, 0.3) is 0 Å². The summed E-state index contributed by atoms with van der Waals surface area (Å²) in [6, 6.07) is 1.50. The highest BCUT2D eigenvalue weighted by Crippen LogP contribution is 2.18. The van der Waals surface area contributed by atoms with Crippen molar-refractivity contribution in [3.8, 4) is 0 Å². The summed E-state index contributed by atoms with van der Waals surface area (Å²) in [5, 5.41) is 35.5. The summed E-state index contributed by atoms with van der Waals surface area (Å²) in [5.74, 6) is -3.07. The topological polar surface area (TPSA) is 344 Å². The molecule has 7 N–H and O–H groups in total. The highest BCUT2D eigenvalue weighted by molar-refractivity contribution is 6.61. The lowest BCUT2D eigenvalue weighted by Crippen LogP contribution is -2.46. The highest BCUT2D eigenvalue weighted by Gasteiger charge is 2.40. The maximum atomic E-state index is 11.7. The first-order valence-electron chi connectivity index (χ1n) is 24.8. The van der Waals surface area contributed by atoms with Crippen LogP contribution in [0.5, 0.6) is 0 Å². The normalized spacial score (nSPS) is 11.0. The number of carbonyl (C=O) groups excluding carboxylic acids is 1. The van der Waals surface area contributed by atoms with Gasteiger partial charge in [0.25, 0.3) is 0 Å². The van der Waals surface area contributed by atoms with Crippen molar-refractivity contribution in [3.63, 3.8) is 0 Å². The van der Waals surface area contributed by atoms with E-state index in [0.29, 0.717) is 145 Å². The lowest BCUT2D eigenvalue weighted by molar-refractivity contribution is -0.143. The van der Waals surface area contributed by atoms with Gasteiger partial charge in [0, 0.05) is 79.6 Å². The van der Waals surface area contributed by atoms with Gasteiger partial charge in [-0.3, -0.25) is 4.79 Å². The third kappa shape index (κ3) is 67.6. The summed E-state index contributed by atoms with van der Waals surface area (Å²) in [7, 11) is -0.227. The minimum atomic E-state index is -2.62. The standard InChI is InChI=1S/C16H35NO7Si.C9H23NO3Si.2C7H14O5.C6H12O5/c1-5-22-25(23-6-2,24-7-3)14-8-9-17-16(18)15-21-13-12-20-11-10-19-4;1-4-11-14(12-5-2,13-6-3)9-7-8-10;2*1-10-2-3-11-4-5-12-6-7(8)9;7-1-2-10-3-4-11-5-6(8)9/h5-15H2,1-4H3,(H,17,18);4-10H2,1-3H3;2*2-6H2,1H3,(H,8,9);7H,1-5H2,(H,8,9). The van der Waals surface area contributed by atoms with Gasteiger partial charge in [-0.1, -0.05) is 0 Å². The van der Waals surface area contributed by atoms with Crippen LogP contribution in [0.1, 0.15) is 54.4 Å². The molecule has 0 aromatic rings. The van der Waals surface area contributed by atoms with Crippen molar-refractivity contribution in [3.05, 3.63) is 0 Å². The molecule has 0 atom stereocenters. The van der Waals surface area contributed by atoms with Crippen molar-refractivity contribution in [2.45, 2.75) is 66.5 Å². The quantitative estimate of drug-likeness (QED) is 0.0368. The van der Waals surface area contributed by atoms with Crippen LogP contribution in [0.4, 0.5) is 0 Å². The molecule has 0 aromatic carbocycles. The van der Waals surface area contributed by atoms with Crippen LogP contribution in [-0.2, 0) is 97.8 Å². The first kappa shape index (κ1) is 80.4. The smallest absolute Gasteiger partial charge is 0.480 e. The van der Waals surface area contributed by atoms with Crippen molar-refractivity contribution in [1.82, 2.24) is 5.32 Å². The number of methoxy groups -OCH3 is 3. The number of aliphatic hydroxyl groups is 1. The molecule has 0 rings (SSSR count). The van der Waals surface area contributed by atoms with Crippen LogP contribution in [0.2, 0.25) is 12.1 Å². The van der Waals surface area contributed by atoms with E-state index in [4.69, 9.17) is 100 Å². The number of hydrogen-bond donors (Lipinski definition) is 6. The summed E-state index contributed by atoms with van der Waals surface area (Å²) in [6.45, 7) is 21.8. The molecule has 0 saturated carbocycles. The number of ether oxygens (including phenoxy) is 11. The van der Waals surface area contributed by atoms with Gasteiger partial charge < -0.3 is 110 Å². The van der Waals surface area contributed by atoms with E-state index in [9.17, 15) is 19.2 Å². The molecular weight excluding hydrogens is 1020 g/mol. The SMILES string of the molecule is CCO[Si](CCCN)(OCC)OCC.CCO[Si](CCCNC(=O)COCCOCCOC)(OCC)OCC.COCCOCCOCC(=O)O.COCCOCCOCC(=O)O.O=C(O)COCCOCCO. The molecule has 0 aliphatic rings. The lowest BCUT2D eigenvalue weighted by atomic mass is 10.4. The number of nitrogens with two attached hydrogens (primary N) is 1. The third-order valence-corrected chi connectivity index (χ3v) is 14.1. The van der Waals surface area contributed by atoms with Gasteiger partial charge >= 0.3 is 35.5 Å². The number of carboxylic acid groups (broad SMARTS) is 3.